The van der Waals surface area contributed by atoms with Crippen molar-refractivity contribution in [1.82, 2.24) is 20.5 Å². The smallest absolute Gasteiger partial charge is 0.165 e. The fraction of sp³-hybridized carbons (Fsp3) is 0.364. The zero-order chi connectivity index (χ0) is 18.8. The second-order valence-corrected chi connectivity index (χ2v) is 7.59. The summed E-state index contributed by atoms with van der Waals surface area (Å²) in [5.41, 5.74) is 8.13. The van der Waals surface area contributed by atoms with Gasteiger partial charge >= 0.3 is 0 Å². The first-order valence-corrected chi connectivity index (χ1v) is 9.55. The highest BCUT2D eigenvalue weighted by Crippen LogP contribution is 2.37. The first-order chi connectivity index (χ1) is 13.1. The molecular weight excluding hydrogens is 336 g/mol. The van der Waals surface area contributed by atoms with Crippen LogP contribution in [0.2, 0.25) is 0 Å². The molecule has 140 valence electrons. The van der Waals surface area contributed by atoms with E-state index in [1.54, 1.807) is 6.20 Å². The van der Waals surface area contributed by atoms with Crippen molar-refractivity contribution in [3.63, 3.8) is 0 Å². The van der Waals surface area contributed by atoms with Gasteiger partial charge in [0.05, 0.1) is 19.0 Å². The van der Waals surface area contributed by atoms with Crippen molar-refractivity contribution in [2.24, 2.45) is 5.92 Å². The van der Waals surface area contributed by atoms with Gasteiger partial charge in [-0.2, -0.15) is 0 Å². The Morgan fingerprint density at radius 1 is 1.33 bits per heavy atom. The van der Waals surface area contributed by atoms with Crippen molar-refractivity contribution in [2.45, 2.75) is 32.6 Å². The molecule has 0 radical (unpaired) electrons. The predicted octanol–water partition coefficient (Wildman–Crippen LogP) is 3.49. The summed E-state index contributed by atoms with van der Waals surface area (Å²) >= 11 is 0. The summed E-state index contributed by atoms with van der Waals surface area (Å²) < 4.78 is 0. The molecule has 27 heavy (non-hydrogen) atoms. The lowest BCUT2D eigenvalue weighted by molar-refractivity contribution is -0.126. The van der Waals surface area contributed by atoms with Crippen LogP contribution in [0.25, 0.3) is 0 Å². The molecule has 3 aliphatic rings. The van der Waals surface area contributed by atoms with E-state index in [9.17, 15) is 4.79 Å². The molecule has 0 saturated carbocycles. The lowest BCUT2D eigenvalue weighted by atomic mass is 9.79. The molecule has 5 nitrogen and oxygen atoms in total. The largest absolute Gasteiger partial charge is 0.309 e. The van der Waals surface area contributed by atoms with E-state index in [4.69, 9.17) is 0 Å². The molecule has 2 unspecified atom stereocenters. The van der Waals surface area contributed by atoms with Crippen molar-refractivity contribution in [3.05, 3.63) is 77.4 Å². The number of nitrogens with one attached hydrogen (secondary N) is 1. The first kappa shape index (κ1) is 17.7. The Balaban J connectivity index is 1.63. The second-order valence-electron chi connectivity index (χ2n) is 7.59. The van der Waals surface area contributed by atoms with Gasteiger partial charge in [0, 0.05) is 24.8 Å². The van der Waals surface area contributed by atoms with Crippen molar-refractivity contribution in [3.8, 4) is 0 Å². The third kappa shape index (κ3) is 3.74. The Hall–Kier alpha value is -2.66. The van der Waals surface area contributed by atoms with Gasteiger partial charge in [0.2, 0.25) is 0 Å². The summed E-state index contributed by atoms with van der Waals surface area (Å²) in [7, 11) is 0. The molecule has 2 aliphatic heterocycles. The van der Waals surface area contributed by atoms with Gasteiger partial charge in [-0.05, 0) is 55.9 Å². The average molecular weight is 362 g/mol. The number of allylic oxidation sites excluding steroid dienone is 5. The van der Waals surface area contributed by atoms with Gasteiger partial charge in [-0.25, -0.2) is 0 Å². The minimum absolute atomic E-state index is 0.203. The Morgan fingerprint density at radius 2 is 2.22 bits per heavy atom. The summed E-state index contributed by atoms with van der Waals surface area (Å²) in [4.78, 5) is 17.4. The number of ketones is 1. The molecule has 5 heteroatoms. The molecule has 0 fully saturated rings. The van der Waals surface area contributed by atoms with Gasteiger partial charge in [-0.1, -0.05) is 29.4 Å². The van der Waals surface area contributed by atoms with Gasteiger partial charge in [-0.3, -0.25) is 14.8 Å². The monoisotopic (exact) mass is 362 g/mol. The van der Waals surface area contributed by atoms with E-state index in [2.05, 4.69) is 42.6 Å². The van der Waals surface area contributed by atoms with Crippen LogP contribution in [-0.2, 0) is 4.79 Å². The van der Waals surface area contributed by atoms with Crippen molar-refractivity contribution >= 4 is 5.78 Å². The van der Waals surface area contributed by atoms with Crippen LogP contribution in [0, 0.1) is 5.92 Å². The van der Waals surface area contributed by atoms with Gasteiger partial charge in [-0.15, -0.1) is 5.12 Å². The van der Waals surface area contributed by atoms with Gasteiger partial charge in [0.1, 0.15) is 0 Å². The molecular formula is C22H26N4O. The standard InChI is InChI=1S/C22H26N4O/c1-16-6-7-18(11-17(16)2)12-20-14-25(26-10-4-9-24-26)15-21(27)22(20)19-5-3-8-23-13-19/h3-9,13-14,18,22,24H,10-12,15H2,1-2H3. The van der Waals surface area contributed by atoms with Crippen LogP contribution in [0.3, 0.4) is 0 Å². The van der Waals surface area contributed by atoms with Crippen LogP contribution in [0.15, 0.2) is 71.9 Å². The summed E-state index contributed by atoms with van der Waals surface area (Å²) in [5, 5.41) is 3.98. The number of Topliss-reactive ketones (excluding diaryl/α,β-unsaturated/α-hetero) is 1. The molecule has 0 bridgehead atoms. The quantitative estimate of drug-likeness (QED) is 0.889. The van der Waals surface area contributed by atoms with Crippen LogP contribution in [0.5, 0.6) is 0 Å². The van der Waals surface area contributed by atoms with Gasteiger partial charge in [0.15, 0.2) is 5.78 Å². The Labute approximate surface area is 160 Å². The molecule has 0 saturated heterocycles. The zero-order valence-electron chi connectivity index (χ0n) is 15.9. The van der Waals surface area contributed by atoms with E-state index >= 15 is 0 Å². The fourth-order valence-corrected chi connectivity index (χ4v) is 4.05. The summed E-state index contributed by atoms with van der Waals surface area (Å²) in [6.07, 6.45) is 16.1. The number of carbonyl (C=O) groups is 1. The number of hydrazine groups is 2. The van der Waals surface area contributed by atoms with E-state index in [1.807, 2.05) is 40.7 Å². The Kier molecular flexibility index (Phi) is 4.94. The number of aromatic nitrogens is 1. The third-order valence-electron chi connectivity index (χ3n) is 5.63. The molecule has 4 rings (SSSR count). The minimum atomic E-state index is -0.203. The normalized spacial score (nSPS) is 25.8. The summed E-state index contributed by atoms with van der Waals surface area (Å²) in [5.74, 6) is 0.445. The zero-order valence-corrected chi connectivity index (χ0v) is 15.9. The maximum atomic E-state index is 13.1. The average Bonchev–Trinajstić information content (AvgIpc) is 3.20. The third-order valence-corrected chi connectivity index (χ3v) is 5.63. The number of hydrogen-bond acceptors (Lipinski definition) is 5. The van der Waals surface area contributed by atoms with E-state index in [-0.39, 0.29) is 11.7 Å². The predicted molar refractivity (Wildman–Crippen MR) is 106 cm³/mol. The number of carbonyl (C=O) groups excluding carboxylic acids is 1. The number of hydrogen-bond donors (Lipinski definition) is 1. The topological polar surface area (TPSA) is 48.5 Å². The summed E-state index contributed by atoms with van der Waals surface area (Å²) in [6.45, 7) is 5.50. The molecule has 0 aromatic carbocycles. The molecule has 2 atom stereocenters. The van der Waals surface area contributed by atoms with Crippen LogP contribution in [0.4, 0.5) is 0 Å². The van der Waals surface area contributed by atoms with E-state index in [1.165, 1.54) is 11.1 Å². The second kappa shape index (κ2) is 7.53. The Bertz CT molecular complexity index is 829. The highest BCUT2D eigenvalue weighted by atomic mass is 16.1. The molecule has 1 aromatic rings. The van der Waals surface area contributed by atoms with Crippen molar-refractivity contribution < 1.29 is 4.79 Å². The molecule has 0 spiro atoms. The van der Waals surface area contributed by atoms with Crippen molar-refractivity contribution in [1.29, 1.82) is 0 Å². The molecule has 1 N–H and O–H groups in total. The first-order valence-electron chi connectivity index (χ1n) is 9.55. The SMILES string of the molecule is CC1=C(C)CC(CC2=CN(N3CC=CN3)CC(=O)C2c2cccnc2)C=C1. The molecule has 0 amide bonds. The number of rotatable bonds is 4. The lowest BCUT2D eigenvalue weighted by Gasteiger charge is -2.37. The van der Waals surface area contributed by atoms with Crippen molar-refractivity contribution in [2.75, 3.05) is 13.1 Å². The van der Waals surface area contributed by atoms with Gasteiger partial charge in [0.25, 0.3) is 0 Å². The highest BCUT2D eigenvalue weighted by Gasteiger charge is 2.33. The van der Waals surface area contributed by atoms with Crippen LogP contribution in [-0.4, -0.2) is 34.0 Å². The highest BCUT2D eigenvalue weighted by molar-refractivity contribution is 5.91. The van der Waals surface area contributed by atoms with E-state index < -0.39 is 0 Å². The van der Waals surface area contributed by atoms with Crippen LogP contribution >= 0.6 is 0 Å². The van der Waals surface area contributed by atoms with Crippen LogP contribution < -0.4 is 5.43 Å². The Morgan fingerprint density at radius 3 is 2.93 bits per heavy atom. The molecule has 3 heterocycles. The minimum Gasteiger partial charge on any atom is -0.309 e. The lowest BCUT2D eigenvalue weighted by Crippen LogP contribution is -2.49. The maximum absolute atomic E-state index is 13.1. The van der Waals surface area contributed by atoms with E-state index in [0.717, 1.165) is 30.5 Å². The summed E-state index contributed by atoms with van der Waals surface area (Å²) in [6, 6.07) is 3.93. The maximum Gasteiger partial charge on any atom is 0.165 e. The number of pyridine rings is 1. The molecule has 1 aliphatic carbocycles. The fourth-order valence-electron chi connectivity index (χ4n) is 4.05. The molecule has 1 aromatic heterocycles. The number of nitrogens with zero attached hydrogens (tertiary/aromatic N) is 3. The van der Waals surface area contributed by atoms with E-state index in [0.29, 0.717) is 12.5 Å². The van der Waals surface area contributed by atoms with Crippen LogP contribution in [0.1, 0.15) is 38.2 Å². The van der Waals surface area contributed by atoms with Gasteiger partial charge < -0.3 is 5.43 Å².